The highest BCUT2D eigenvalue weighted by atomic mass is 35.5. The number of benzene rings is 1. The molecule has 0 radical (unpaired) electrons. The molecule has 11 heteroatoms. The second-order valence-electron chi connectivity index (χ2n) is 6.64. The van der Waals surface area contributed by atoms with E-state index in [0.717, 1.165) is 6.42 Å². The van der Waals surface area contributed by atoms with Crippen molar-refractivity contribution >= 4 is 29.5 Å². The number of aliphatic imine (C=N–C) groups is 2. The van der Waals surface area contributed by atoms with Crippen LogP contribution in [0.25, 0.3) is 0 Å². The molecule has 0 aliphatic rings. The van der Waals surface area contributed by atoms with E-state index in [9.17, 15) is 9.18 Å². The molecule has 0 spiro atoms. The first-order valence-electron chi connectivity index (χ1n) is 9.70. The lowest BCUT2D eigenvalue weighted by atomic mass is 10.1. The maximum atomic E-state index is 14.1. The van der Waals surface area contributed by atoms with Crippen LogP contribution in [0.4, 0.5) is 9.18 Å². The largest absolute Gasteiger partial charge is 0.450 e. The number of amides is 1. The second-order valence-corrected chi connectivity index (χ2v) is 7.05. The molecular weight excluding hydrogens is 425 g/mol. The first-order chi connectivity index (χ1) is 14.8. The zero-order valence-electron chi connectivity index (χ0n) is 17.8. The second kappa shape index (κ2) is 11.9. The standard InChI is InChI=1S/C20H27ClFN7O2/c1-13-6-7-15(21)14(17(13)22)10-26-20(30)31-9-5-4-8-29-11-16(27-12-29)18(23)28-19(24-2)25-3/h6-7,11-12H,4-5,8-10H2,1-3H3,(H,26,30)(H3,23,24,25,28). The minimum Gasteiger partial charge on any atom is -0.450 e. The topological polar surface area (TPSA) is 119 Å². The number of aromatic nitrogens is 2. The number of aryl methyl sites for hydroxylation is 2. The van der Waals surface area contributed by atoms with E-state index in [1.54, 1.807) is 45.7 Å². The number of carbonyl (C=O) groups excluding carboxylic acids is 1. The van der Waals surface area contributed by atoms with Gasteiger partial charge in [-0.3, -0.25) is 4.99 Å². The van der Waals surface area contributed by atoms with Crippen molar-refractivity contribution in [2.45, 2.75) is 32.9 Å². The van der Waals surface area contributed by atoms with Gasteiger partial charge in [-0.15, -0.1) is 0 Å². The summed E-state index contributed by atoms with van der Waals surface area (Å²) in [5.41, 5.74) is 7.18. The van der Waals surface area contributed by atoms with Crippen LogP contribution < -0.4 is 16.4 Å². The molecule has 0 atom stereocenters. The van der Waals surface area contributed by atoms with Crippen LogP contribution in [0.2, 0.25) is 5.02 Å². The number of hydrogen-bond acceptors (Lipinski definition) is 4. The first kappa shape index (κ1) is 24.1. The van der Waals surface area contributed by atoms with Crippen molar-refractivity contribution in [1.82, 2.24) is 20.2 Å². The number of alkyl carbamates (subject to hydrolysis) is 1. The Labute approximate surface area is 185 Å². The van der Waals surface area contributed by atoms with Gasteiger partial charge in [-0.2, -0.15) is 4.99 Å². The van der Waals surface area contributed by atoms with Crippen molar-refractivity contribution in [3.8, 4) is 0 Å². The van der Waals surface area contributed by atoms with Crippen LogP contribution in [-0.4, -0.2) is 48.1 Å². The molecular formula is C20H27ClFN7O2. The van der Waals surface area contributed by atoms with Crippen molar-refractivity contribution in [3.05, 3.63) is 52.3 Å². The van der Waals surface area contributed by atoms with Crippen LogP contribution in [0.5, 0.6) is 0 Å². The van der Waals surface area contributed by atoms with Crippen molar-refractivity contribution < 1.29 is 13.9 Å². The minimum absolute atomic E-state index is 0.0377. The predicted octanol–water partition coefficient (Wildman–Crippen LogP) is 2.60. The number of amidine groups is 1. The smallest absolute Gasteiger partial charge is 0.407 e. The molecule has 168 valence electrons. The van der Waals surface area contributed by atoms with Crippen LogP contribution >= 0.6 is 11.6 Å². The molecule has 4 N–H and O–H groups in total. The van der Waals surface area contributed by atoms with Crippen molar-refractivity contribution in [2.75, 3.05) is 20.7 Å². The van der Waals surface area contributed by atoms with Crippen LogP contribution in [-0.2, 0) is 17.8 Å². The Morgan fingerprint density at radius 3 is 2.87 bits per heavy atom. The number of nitrogens with zero attached hydrogens (tertiary/aromatic N) is 4. The van der Waals surface area contributed by atoms with Gasteiger partial charge >= 0.3 is 6.09 Å². The van der Waals surface area contributed by atoms with E-state index in [1.165, 1.54) is 0 Å². The summed E-state index contributed by atoms with van der Waals surface area (Å²) < 4.78 is 21.1. The minimum atomic E-state index is -0.621. The van der Waals surface area contributed by atoms with E-state index in [2.05, 4.69) is 25.6 Å². The first-order valence-corrected chi connectivity index (χ1v) is 10.1. The number of hydrogen-bond donors (Lipinski definition) is 3. The van der Waals surface area contributed by atoms with Crippen molar-refractivity contribution in [1.29, 1.82) is 0 Å². The molecule has 31 heavy (non-hydrogen) atoms. The highest BCUT2D eigenvalue weighted by molar-refractivity contribution is 6.31. The van der Waals surface area contributed by atoms with Crippen LogP contribution in [0, 0.1) is 12.7 Å². The fraction of sp³-hybridized carbons (Fsp3) is 0.400. The van der Waals surface area contributed by atoms with Crippen molar-refractivity contribution in [3.63, 3.8) is 0 Å². The Morgan fingerprint density at radius 2 is 2.16 bits per heavy atom. The van der Waals surface area contributed by atoms with Gasteiger partial charge in [0.05, 0.1) is 19.5 Å². The van der Waals surface area contributed by atoms with E-state index < -0.39 is 11.9 Å². The van der Waals surface area contributed by atoms with Gasteiger partial charge in [0.1, 0.15) is 11.5 Å². The van der Waals surface area contributed by atoms with Gasteiger partial charge in [0.2, 0.25) is 5.96 Å². The Kier molecular flexibility index (Phi) is 9.26. The summed E-state index contributed by atoms with van der Waals surface area (Å²) in [5.74, 6) is 0.246. The molecule has 9 nitrogen and oxygen atoms in total. The quantitative estimate of drug-likeness (QED) is 0.324. The van der Waals surface area contributed by atoms with E-state index in [-0.39, 0.29) is 29.6 Å². The molecule has 0 aliphatic heterocycles. The summed E-state index contributed by atoms with van der Waals surface area (Å²) in [6.07, 6.45) is 4.24. The highest BCUT2D eigenvalue weighted by Gasteiger charge is 2.12. The zero-order chi connectivity index (χ0) is 22.8. The number of carbonyl (C=O) groups is 1. The molecule has 0 bridgehead atoms. The number of unbranched alkanes of at least 4 members (excludes halogenated alkanes) is 1. The molecule has 0 fully saturated rings. The van der Waals surface area contributed by atoms with Gasteiger partial charge in [-0.05, 0) is 31.4 Å². The fourth-order valence-electron chi connectivity index (χ4n) is 2.65. The monoisotopic (exact) mass is 451 g/mol. The average Bonchev–Trinajstić information content (AvgIpc) is 3.23. The summed E-state index contributed by atoms with van der Waals surface area (Å²) in [6.45, 7) is 2.51. The van der Waals surface area contributed by atoms with Crippen molar-refractivity contribution in [2.24, 2.45) is 15.7 Å². The van der Waals surface area contributed by atoms with Gasteiger partial charge < -0.3 is 25.7 Å². The number of nitrogens with one attached hydrogen (secondary N) is 2. The van der Waals surface area contributed by atoms with E-state index in [0.29, 0.717) is 30.2 Å². The lowest BCUT2D eigenvalue weighted by molar-refractivity contribution is 0.143. The third-order valence-electron chi connectivity index (χ3n) is 4.39. The summed E-state index contributed by atoms with van der Waals surface area (Å²) >= 11 is 5.99. The van der Waals surface area contributed by atoms with E-state index in [4.69, 9.17) is 22.1 Å². The van der Waals surface area contributed by atoms with Crippen LogP contribution in [0.3, 0.4) is 0 Å². The summed E-state index contributed by atoms with van der Waals surface area (Å²) in [6, 6.07) is 3.18. The molecule has 0 saturated carbocycles. The number of imidazole rings is 1. The van der Waals surface area contributed by atoms with Gasteiger partial charge in [-0.1, -0.05) is 17.7 Å². The molecule has 0 unspecified atom stereocenters. The average molecular weight is 452 g/mol. The van der Waals surface area contributed by atoms with Gasteiger partial charge in [0.15, 0.2) is 5.84 Å². The van der Waals surface area contributed by atoms with E-state index in [1.807, 2.05) is 4.57 Å². The maximum absolute atomic E-state index is 14.1. The van der Waals surface area contributed by atoms with Gasteiger partial charge in [-0.25, -0.2) is 14.2 Å². The molecule has 0 aliphatic carbocycles. The fourth-order valence-corrected chi connectivity index (χ4v) is 2.87. The summed E-state index contributed by atoms with van der Waals surface area (Å²) in [4.78, 5) is 24.1. The van der Waals surface area contributed by atoms with Gasteiger partial charge in [0, 0.05) is 37.4 Å². The Morgan fingerprint density at radius 1 is 1.39 bits per heavy atom. The van der Waals surface area contributed by atoms with Crippen LogP contribution in [0.15, 0.2) is 34.6 Å². The molecule has 2 rings (SSSR count). The Balaban J connectivity index is 1.70. The molecule has 1 amide bonds. The third-order valence-corrected chi connectivity index (χ3v) is 4.74. The predicted molar refractivity (Wildman–Crippen MR) is 119 cm³/mol. The van der Waals surface area contributed by atoms with Gasteiger partial charge in [0.25, 0.3) is 0 Å². The molecule has 1 aromatic heterocycles. The Bertz CT molecular complexity index is 959. The summed E-state index contributed by atoms with van der Waals surface area (Å²) in [7, 11) is 3.32. The highest BCUT2D eigenvalue weighted by Crippen LogP contribution is 2.21. The molecule has 0 saturated heterocycles. The number of halogens is 2. The number of ether oxygens (including phenoxy) is 1. The number of guanidine groups is 1. The summed E-state index contributed by atoms with van der Waals surface area (Å²) in [5, 5.41) is 5.60. The maximum Gasteiger partial charge on any atom is 0.407 e. The lowest BCUT2D eigenvalue weighted by Crippen LogP contribution is -2.25. The normalized spacial score (nSPS) is 12.0. The van der Waals surface area contributed by atoms with E-state index >= 15 is 0 Å². The SMILES string of the molecule is C/N=C(\N=C(\N)c1cn(CCCCOC(=O)NCc2c(Cl)ccc(C)c2F)cn1)NC. The zero-order valence-corrected chi connectivity index (χ0v) is 18.5. The Hall–Kier alpha value is -3.14. The van der Waals surface area contributed by atoms with Crippen LogP contribution in [0.1, 0.15) is 29.7 Å². The number of nitrogens with two attached hydrogens (primary N) is 1. The molecule has 1 heterocycles. The third kappa shape index (κ3) is 7.25. The lowest BCUT2D eigenvalue weighted by Gasteiger charge is -2.10. The molecule has 2 aromatic rings. The molecule has 1 aromatic carbocycles. The number of rotatable bonds is 8.